The summed E-state index contributed by atoms with van der Waals surface area (Å²) in [4.78, 5) is 10.6. The van der Waals surface area contributed by atoms with Crippen LogP contribution < -0.4 is 0 Å². The number of hydrogen-bond acceptors (Lipinski definition) is 2. The summed E-state index contributed by atoms with van der Waals surface area (Å²) in [6.45, 7) is 6.26. The number of rotatable bonds is 3. The first-order chi connectivity index (χ1) is 4.88. The Bertz CT molecular complexity index is 142. The van der Waals surface area contributed by atoms with E-state index in [4.69, 9.17) is 4.74 Å². The highest BCUT2D eigenvalue weighted by Crippen LogP contribution is 2.21. The molecule has 1 unspecified atom stereocenters. The average molecular weight is 239 g/mol. The molecule has 0 N–H and O–H groups in total. The highest BCUT2D eigenvalue weighted by atomic mass is 79.9. The zero-order chi connectivity index (χ0) is 9.07. The molecule has 0 aliphatic heterocycles. The van der Waals surface area contributed by atoms with Gasteiger partial charge in [0, 0.05) is 6.92 Å². The number of esters is 1. The normalized spacial score (nSPS) is 14.3. The van der Waals surface area contributed by atoms with Gasteiger partial charge in [-0.2, -0.15) is 0 Å². The summed E-state index contributed by atoms with van der Waals surface area (Å²) >= 11 is 3.60. The highest BCUT2D eigenvalue weighted by molar-refractivity contribution is 9.26. The van der Waals surface area contributed by atoms with Gasteiger partial charge < -0.3 is 4.74 Å². The zero-order valence-electron chi connectivity index (χ0n) is 7.48. The van der Waals surface area contributed by atoms with Crippen molar-refractivity contribution >= 4 is 28.0 Å². The number of ether oxygens (including phenoxy) is 1. The average Bonchev–Trinajstić information content (AvgIpc) is 1.79. The van der Waals surface area contributed by atoms with Crippen LogP contribution in [0.25, 0.3) is 0 Å². The molecule has 4 heteroatoms. The second kappa shape index (κ2) is 4.26. The van der Waals surface area contributed by atoms with Gasteiger partial charge in [0.1, 0.15) is 5.73 Å². The van der Waals surface area contributed by atoms with Gasteiger partial charge in [0.15, 0.2) is 6.69 Å². The maximum absolute atomic E-state index is 10.6. The molecular weight excluding hydrogens is 224 g/mol. The van der Waals surface area contributed by atoms with E-state index in [9.17, 15) is 4.79 Å². The third-order valence-corrected chi connectivity index (χ3v) is 5.03. The fourth-order valence-electron chi connectivity index (χ4n) is 0.909. The summed E-state index contributed by atoms with van der Waals surface area (Å²) in [6, 6.07) is 0. The third-order valence-electron chi connectivity index (χ3n) is 1.44. The first-order valence-corrected chi connectivity index (χ1v) is 9.07. The van der Waals surface area contributed by atoms with Gasteiger partial charge >= 0.3 is 5.97 Å². The van der Waals surface area contributed by atoms with Crippen molar-refractivity contribution in [2.24, 2.45) is 0 Å². The Morgan fingerprint density at radius 2 is 2.09 bits per heavy atom. The molecule has 0 aromatic carbocycles. The molecule has 0 heterocycles. The van der Waals surface area contributed by atoms with Crippen LogP contribution in [0.2, 0.25) is 13.1 Å². The first kappa shape index (κ1) is 11.2. The molecule has 2 nitrogen and oxygen atoms in total. The molecule has 0 radical (unpaired) electrons. The number of carbonyl (C=O) groups is 1. The molecule has 0 rings (SSSR count). The minimum Gasteiger partial charge on any atom is -0.465 e. The van der Waals surface area contributed by atoms with Gasteiger partial charge in [0.2, 0.25) is 0 Å². The second-order valence-corrected chi connectivity index (χ2v) is 13.0. The Morgan fingerprint density at radius 3 is 2.18 bits per heavy atom. The zero-order valence-corrected chi connectivity index (χ0v) is 10.1. The highest BCUT2D eigenvalue weighted by Gasteiger charge is 2.30. The maximum Gasteiger partial charge on any atom is 0.302 e. The molecule has 0 saturated heterocycles. The fraction of sp³-hybridized carbons (Fsp3) is 0.857. The van der Waals surface area contributed by atoms with E-state index >= 15 is 0 Å². The molecule has 0 fully saturated rings. The Hall–Kier alpha value is 0.167. The summed E-state index contributed by atoms with van der Waals surface area (Å²) in [6.07, 6.45) is 0.893. The van der Waals surface area contributed by atoms with Crippen molar-refractivity contribution in [1.82, 2.24) is 0 Å². The number of halogens is 1. The molecule has 11 heavy (non-hydrogen) atoms. The minimum absolute atomic E-state index is 0.0972. The molecule has 0 spiro atoms. The topological polar surface area (TPSA) is 26.3 Å². The van der Waals surface area contributed by atoms with E-state index in [1.165, 1.54) is 6.92 Å². The molecule has 0 aromatic heterocycles. The SMILES string of the molecule is CCC(OC(C)=O)[Si](C)(C)Br. The Morgan fingerprint density at radius 1 is 1.64 bits per heavy atom. The summed E-state index contributed by atoms with van der Waals surface area (Å²) in [5.41, 5.74) is 0.0972. The first-order valence-electron chi connectivity index (χ1n) is 3.74. The van der Waals surface area contributed by atoms with Crippen molar-refractivity contribution in [2.75, 3.05) is 0 Å². The van der Waals surface area contributed by atoms with Crippen LogP contribution in [0.4, 0.5) is 0 Å². The smallest absolute Gasteiger partial charge is 0.302 e. The molecule has 0 aliphatic carbocycles. The van der Waals surface area contributed by atoms with Crippen LogP contribution in [0.5, 0.6) is 0 Å². The van der Waals surface area contributed by atoms with E-state index < -0.39 is 6.69 Å². The van der Waals surface area contributed by atoms with E-state index in [1.807, 2.05) is 6.92 Å². The molecule has 66 valence electrons. The largest absolute Gasteiger partial charge is 0.465 e. The van der Waals surface area contributed by atoms with E-state index in [-0.39, 0.29) is 11.7 Å². The van der Waals surface area contributed by atoms with E-state index in [1.54, 1.807) is 0 Å². The van der Waals surface area contributed by atoms with Crippen molar-refractivity contribution in [3.8, 4) is 0 Å². The predicted octanol–water partition coefficient (Wildman–Crippen LogP) is 2.47. The lowest BCUT2D eigenvalue weighted by Crippen LogP contribution is -2.38. The van der Waals surface area contributed by atoms with Gasteiger partial charge in [-0.1, -0.05) is 20.0 Å². The molecule has 0 aliphatic rings. The molecule has 0 amide bonds. The fourth-order valence-corrected chi connectivity index (χ4v) is 3.58. The van der Waals surface area contributed by atoms with Crippen molar-refractivity contribution in [2.45, 2.75) is 39.1 Å². The molecule has 0 aromatic rings. The third kappa shape index (κ3) is 4.58. The summed E-state index contributed by atoms with van der Waals surface area (Å²) in [7, 11) is 0. The standard InChI is InChI=1S/C7H15BrO2Si/c1-5-7(10-6(2)9)11(3,4)8/h7H,5H2,1-4H3. The van der Waals surface area contributed by atoms with Crippen LogP contribution >= 0.6 is 15.3 Å². The van der Waals surface area contributed by atoms with Crippen LogP contribution in [0.15, 0.2) is 0 Å². The van der Waals surface area contributed by atoms with Gasteiger partial charge in [0.25, 0.3) is 0 Å². The molecular formula is C7H15BrO2Si. The lowest BCUT2D eigenvalue weighted by atomic mass is 10.5. The van der Waals surface area contributed by atoms with Crippen LogP contribution in [-0.2, 0) is 9.53 Å². The van der Waals surface area contributed by atoms with Crippen LogP contribution in [0, 0.1) is 0 Å². The van der Waals surface area contributed by atoms with E-state index in [0.29, 0.717) is 0 Å². The summed E-state index contributed by atoms with van der Waals surface area (Å²) < 4.78 is 5.14. The van der Waals surface area contributed by atoms with Gasteiger partial charge in [-0.15, -0.1) is 15.3 Å². The minimum atomic E-state index is -1.48. The predicted molar refractivity (Wildman–Crippen MR) is 52.3 cm³/mol. The van der Waals surface area contributed by atoms with Gasteiger partial charge in [0.05, 0.1) is 0 Å². The monoisotopic (exact) mass is 238 g/mol. The Balaban J connectivity index is 4.07. The molecule has 0 saturated carbocycles. The molecule has 1 atom stereocenters. The van der Waals surface area contributed by atoms with Crippen molar-refractivity contribution in [3.63, 3.8) is 0 Å². The van der Waals surface area contributed by atoms with E-state index in [0.717, 1.165) is 6.42 Å². The van der Waals surface area contributed by atoms with Crippen LogP contribution in [-0.4, -0.2) is 18.4 Å². The van der Waals surface area contributed by atoms with Crippen molar-refractivity contribution in [1.29, 1.82) is 0 Å². The van der Waals surface area contributed by atoms with Crippen molar-refractivity contribution < 1.29 is 9.53 Å². The van der Waals surface area contributed by atoms with E-state index in [2.05, 4.69) is 28.4 Å². The Kier molecular flexibility index (Phi) is 4.32. The Labute approximate surface area is 76.9 Å². The van der Waals surface area contributed by atoms with Crippen molar-refractivity contribution in [3.05, 3.63) is 0 Å². The van der Waals surface area contributed by atoms with Crippen LogP contribution in [0.1, 0.15) is 20.3 Å². The lowest BCUT2D eigenvalue weighted by molar-refractivity contribution is -0.143. The number of hydrogen-bond donors (Lipinski definition) is 0. The lowest BCUT2D eigenvalue weighted by Gasteiger charge is -2.24. The van der Waals surface area contributed by atoms with Gasteiger partial charge in [-0.25, -0.2) is 0 Å². The van der Waals surface area contributed by atoms with Gasteiger partial charge in [-0.05, 0) is 6.42 Å². The van der Waals surface area contributed by atoms with Crippen LogP contribution in [0.3, 0.4) is 0 Å². The second-order valence-electron chi connectivity index (χ2n) is 3.07. The maximum atomic E-state index is 10.6. The summed E-state index contributed by atoms with van der Waals surface area (Å²) in [5, 5.41) is 0. The quantitative estimate of drug-likeness (QED) is 0.429. The summed E-state index contributed by atoms with van der Waals surface area (Å²) in [5.74, 6) is -0.183. The number of carbonyl (C=O) groups excluding carboxylic acids is 1. The van der Waals surface area contributed by atoms with Gasteiger partial charge in [-0.3, -0.25) is 4.79 Å². The molecule has 0 bridgehead atoms.